The lowest BCUT2D eigenvalue weighted by molar-refractivity contribution is -0.214. The van der Waals surface area contributed by atoms with Gasteiger partial charge in [0.2, 0.25) is 0 Å². The van der Waals surface area contributed by atoms with E-state index in [1.165, 1.54) is 11.1 Å². The minimum absolute atomic E-state index is 0.396. The standard InChI is InChI=1S/C13H14O2/c1-2-6-12-10-13(9-11(12)5-1)14-7-3-4-8-15-13/h1-6H,7-10H2. The Morgan fingerprint density at radius 3 is 1.93 bits per heavy atom. The maximum Gasteiger partial charge on any atom is 0.177 e. The largest absolute Gasteiger partial charge is 0.345 e. The first kappa shape index (κ1) is 9.13. The first-order valence-electron chi connectivity index (χ1n) is 5.38. The zero-order valence-corrected chi connectivity index (χ0v) is 8.61. The van der Waals surface area contributed by atoms with Crippen LogP contribution in [0.1, 0.15) is 11.1 Å². The van der Waals surface area contributed by atoms with E-state index < -0.39 is 5.79 Å². The van der Waals surface area contributed by atoms with Gasteiger partial charge in [0.05, 0.1) is 13.2 Å². The van der Waals surface area contributed by atoms with E-state index in [1.54, 1.807) is 0 Å². The lowest BCUT2D eigenvalue weighted by atomic mass is 10.1. The molecule has 3 rings (SSSR count). The molecule has 2 aliphatic rings. The van der Waals surface area contributed by atoms with Crippen LogP contribution in [-0.2, 0) is 22.3 Å². The number of benzene rings is 1. The quantitative estimate of drug-likeness (QED) is 0.600. The number of hydrogen-bond acceptors (Lipinski definition) is 2. The van der Waals surface area contributed by atoms with E-state index in [4.69, 9.17) is 9.47 Å². The Hall–Kier alpha value is -1.12. The first-order chi connectivity index (χ1) is 7.38. The Bertz CT molecular complexity index is 358. The maximum atomic E-state index is 5.82. The third-order valence-corrected chi connectivity index (χ3v) is 3.09. The SMILES string of the molecule is C1=CCOC2(Cc3ccccc3C2)OC1. The van der Waals surface area contributed by atoms with E-state index in [2.05, 4.69) is 24.3 Å². The predicted molar refractivity (Wildman–Crippen MR) is 57.6 cm³/mol. The Kier molecular flexibility index (Phi) is 2.11. The van der Waals surface area contributed by atoms with E-state index in [1.807, 2.05) is 12.2 Å². The van der Waals surface area contributed by atoms with Gasteiger partial charge in [0.15, 0.2) is 5.79 Å². The molecule has 2 nitrogen and oxygen atoms in total. The molecule has 0 saturated heterocycles. The molecule has 0 unspecified atom stereocenters. The molecule has 1 aliphatic carbocycles. The summed E-state index contributed by atoms with van der Waals surface area (Å²) >= 11 is 0. The van der Waals surface area contributed by atoms with Crippen molar-refractivity contribution in [2.45, 2.75) is 18.6 Å². The summed E-state index contributed by atoms with van der Waals surface area (Å²) in [6, 6.07) is 8.48. The smallest absolute Gasteiger partial charge is 0.177 e. The lowest BCUT2D eigenvalue weighted by Crippen LogP contribution is -2.36. The van der Waals surface area contributed by atoms with Crippen LogP contribution >= 0.6 is 0 Å². The van der Waals surface area contributed by atoms with Crippen molar-refractivity contribution in [2.24, 2.45) is 0 Å². The molecule has 0 amide bonds. The van der Waals surface area contributed by atoms with Crippen LogP contribution in [0.2, 0.25) is 0 Å². The van der Waals surface area contributed by atoms with Crippen LogP contribution < -0.4 is 0 Å². The fourth-order valence-corrected chi connectivity index (χ4v) is 2.33. The average Bonchev–Trinajstić information content (AvgIpc) is 2.45. The van der Waals surface area contributed by atoms with Crippen LogP contribution in [-0.4, -0.2) is 19.0 Å². The number of fused-ring (bicyclic) bond motifs is 1. The zero-order valence-electron chi connectivity index (χ0n) is 8.61. The molecule has 0 fully saturated rings. The molecule has 2 heteroatoms. The van der Waals surface area contributed by atoms with Crippen molar-refractivity contribution in [1.29, 1.82) is 0 Å². The Labute approximate surface area is 89.5 Å². The number of ether oxygens (including phenoxy) is 2. The third-order valence-electron chi connectivity index (χ3n) is 3.09. The van der Waals surface area contributed by atoms with E-state index in [0.717, 1.165) is 12.8 Å². The molecular weight excluding hydrogens is 188 g/mol. The Morgan fingerprint density at radius 1 is 0.867 bits per heavy atom. The monoisotopic (exact) mass is 202 g/mol. The van der Waals surface area contributed by atoms with Crippen molar-refractivity contribution >= 4 is 0 Å². The van der Waals surface area contributed by atoms with Crippen molar-refractivity contribution < 1.29 is 9.47 Å². The van der Waals surface area contributed by atoms with Crippen molar-refractivity contribution in [3.8, 4) is 0 Å². The Balaban J connectivity index is 1.87. The fraction of sp³-hybridized carbons (Fsp3) is 0.385. The van der Waals surface area contributed by atoms with Gasteiger partial charge in [-0.2, -0.15) is 0 Å². The van der Waals surface area contributed by atoms with Gasteiger partial charge in [0.25, 0.3) is 0 Å². The van der Waals surface area contributed by atoms with E-state index in [-0.39, 0.29) is 0 Å². The van der Waals surface area contributed by atoms with Crippen molar-refractivity contribution in [1.82, 2.24) is 0 Å². The molecule has 78 valence electrons. The minimum Gasteiger partial charge on any atom is -0.345 e. The van der Waals surface area contributed by atoms with Gasteiger partial charge in [0.1, 0.15) is 0 Å². The summed E-state index contributed by atoms with van der Waals surface area (Å²) < 4.78 is 11.6. The molecule has 0 bridgehead atoms. The van der Waals surface area contributed by atoms with E-state index in [9.17, 15) is 0 Å². The second-order valence-corrected chi connectivity index (χ2v) is 4.13. The molecule has 1 aliphatic heterocycles. The normalized spacial score (nSPS) is 22.7. The van der Waals surface area contributed by atoms with E-state index >= 15 is 0 Å². The zero-order chi connectivity index (χ0) is 10.1. The summed E-state index contributed by atoms with van der Waals surface area (Å²) in [7, 11) is 0. The van der Waals surface area contributed by atoms with Crippen molar-refractivity contribution in [3.63, 3.8) is 0 Å². The molecule has 0 aromatic heterocycles. The van der Waals surface area contributed by atoms with Crippen molar-refractivity contribution in [3.05, 3.63) is 47.5 Å². The molecule has 15 heavy (non-hydrogen) atoms. The van der Waals surface area contributed by atoms with Gasteiger partial charge in [0, 0.05) is 12.8 Å². The minimum atomic E-state index is -0.396. The summed E-state index contributed by atoms with van der Waals surface area (Å²) in [5.74, 6) is -0.396. The lowest BCUT2D eigenvalue weighted by Gasteiger charge is -2.27. The summed E-state index contributed by atoms with van der Waals surface area (Å²) in [6.07, 6.45) is 5.81. The summed E-state index contributed by atoms with van der Waals surface area (Å²) in [4.78, 5) is 0. The highest BCUT2D eigenvalue weighted by atomic mass is 16.7. The number of hydrogen-bond donors (Lipinski definition) is 0. The first-order valence-corrected chi connectivity index (χ1v) is 5.38. The molecule has 1 aromatic rings. The second kappa shape index (κ2) is 3.47. The molecule has 1 spiro atoms. The average molecular weight is 202 g/mol. The van der Waals surface area contributed by atoms with Gasteiger partial charge in [-0.25, -0.2) is 0 Å². The fourth-order valence-electron chi connectivity index (χ4n) is 2.33. The highest BCUT2D eigenvalue weighted by molar-refractivity contribution is 5.34. The van der Waals surface area contributed by atoms with E-state index in [0.29, 0.717) is 13.2 Å². The summed E-state index contributed by atoms with van der Waals surface area (Å²) in [5, 5.41) is 0. The number of rotatable bonds is 0. The molecule has 0 radical (unpaired) electrons. The summed E-state index contributed by atoms with van der Waals surface area (Å²) in [5.41, 5.74) is 2.72. The van der Waals surface area contributed by atoms with Gasteiger partial charge in [-0.3, -0.25) is 0 Å². The van der Waals surface area contributed by atoms with Gasteiger partial charge < -0.3 is 9.47 Å². The maximum absolute atomic E-state index is 5.82. The van der Waals surface area contributed by atoms with Gasteiger partial charge >= 0.3 is 0 Å². The highest BCUT2D eigenvalue weighted by Gasteiger charge is 2.39. The topological polar surface area (TPSA) is 18.5 Å². The van der Waals surface area contributed by atoms with Crippen LogP contribution in [0.25, 0.3) is 0 Å². The molecule has 1 heterocycles. The molecule has 0 N–H and O–H groups in total. The predicted octanol–water partition coefficient (Wildman–Crippen LogP) is 2.08. The van der Waals surface area contributed by atoms with Crippen LogP contribution in [0.5, 0.6) is 0 Å². The molecular formula is C13H14O2. The molecule has 1 aromatic carbocycles. The van der Waals surface area contributed by atoms with Gasteiger partial charge in [-0.15, -0.1) is 0 Å². The highest BCUT2D eigenvalue weighted by Crippen LogP contribution is 2.34. The summed E-state index contributed by atoms with van der Waals surface area (Å²) in [6.45, 7) is 1.32. The second-order valence-electron chi connectivity index (χ2n) is 4.13. The van der Waals surface area contributed by atoms with Crippen LogP contribution in [0.4, 0.5) is 0 Å². The molecule has 0 saturated carbocycles. The van der Waals surface area contributed by atoms with Gasteiger partial charge in [-0.1, -0.05) is 36.4 Å². The van der Waals surface area contributed by atoms with Crippen LogP contribution in [0, 0.1) is 0 Å². The molecule has 0 atom stereocenters. The third kappa shape index (κ3) is 1.60. The Morgan fingerprint density at radius 2 is 1.40 bits per heavy atom. The van der Waals surface area contributed by atoms with Crippen LogP contribution in [0.15, 0.2) is 36.4 Å². The van der Waals surface area contributed by atoms with Crippen molar-refractivity contribution in [2.75, 3.05) is 13.2 Å². The van der Waals surface area contributed by atoms with Gasteiger partial charge in [-0.05, 0) is 11.1 Å². The van der Waals surface area contributed by atoms with Crippen LogP contribution in [0.3, 0.4) is 0 Å².